The van der Waals surface area contributed by atoms with Gasteiger partial charge in [-0.25, -0.2) is 4.98 Å². The van der Waals surface area contributed by atoms with E-state index in [1.807, 2.05) is 0 Å². The summed E-state index contributed by atoms with van der Waals surface area (Å²) in [4.78, 5) is 5.24. The molecule has 0 amide bonds. The van der Waals surface area contributed by atoms with Gasteiger partial charge in [0.15, 0.2) is 0 Å². The number of hydrogen-bond donors (Lipinski definition) is 0. The fourth-order valence-corrected chi connectivity index (χ4v) is 6.78. The Kier molecular flexibility index (Phi) is 5.00. The molecule has 6 aromatic rings. The molecule has 0 spiro atoms. The molecule has 5 aromatic carbocycles. The van der Waals surface area contributed by atoms with Gasteiger partial charge >= 0.3 is 0 Å². The van der Waals surface area contributed by atoms with Gasteiger partial charge in [0, 0.05) is 16.4 Å². The number of rotatable bonds is 2. The smallest absolute Gasteiger partial charge is 0.0759 e. The Labute approximate surface area is 234 Å². The second-order valence-corrected chi connectivity index (χ2v) is 11.6. The van der Waals surface area contributed by atoms with Crippen LogP contribution in [0.5, 0.6) is 0 Å². The molecule has 0 saturated heterocycles. The molecule has 0 aliphatic heterocycles. The van der Waals surface area contributed by atoms with Gasteiger partial charge in [0.2, 0.25) is 0 Å². The van der Waals surface area contributed by atoms with E-state index in [0.29, 0.717) is 0 Å². The molecule has 1 heterocycles. The van der Waals surface area contributed by atoms with Gasteiger partial charge in [-0.2, -0.15) is 0 Å². The molecule has 0 saturated carbocycles. The van der Waals surface area contributed by atoms with Gasteiger partial charge in [-0.05, 0) is 85.6 Å². The number of benzene rings is 5. The first kappa shape index (κ1) is 23.2. The first-order valence-electron chi connectivity index (χ1n) is 14.1. The second kappa shape index (κ2) is 8.63. The van der Waals surface area contributed by atoms with Gasteiger partial charge < -0.3 is 0 Å². The Morgan fingerprint density at radius 1 is 0.600 bits per heavy atom. The molecule has 1 nitrogen and oxygen atoms in total. The molecule has 40 heavy (non-hydrogen) atoms. The SMILES string of the molecule is CC1(C)C2=C(C=CCC=C2)c2nc3ccccc3c(-c3ccc(-c4ccc5cc6ccccc6cc5c4)cc3)c21. The van der Waals surface area contributed by atoms with E-state index in [4.69, 9.17) is 4.98 Å². The zero-order chi connectivity index (χ0) is 26.8. The maximum absolute atomic E-state index is 5.24. The van der Waals surface area contributed by atoms with Crippen molar-refractivity contribution in [2.45, 2.75) is 25.7 Å². The molecule has 190 valence electrons. The molecular formula is C39H29N. The topological polar surface area (TPSA) is 12.9 Å². The van der Waals surface area contributed by atoms with E-state index in [9.17, 15) is 0 Å². The van der Waals surface area contributed by atoms with Crippen LogP contribution >= 0.6 is 0 Å². The minimum Gasteiger partial charge on any atom is -0.247 e. The zero-order valence-corrected chi connectivity index (χ0v) is 22.8. The predicted octanol–water partition coefficient (Wildman–Crippen LogP) is 10.4. The third kappa shape index (κ3) is 3.44. The fraction of sp³-hybridized carbons (Fsp3) is 0.103. The number of aromatic nitrogens is 1. The van der Waals surface area contributed by atoms with Crippen LogP contribution in [0.3, 0.4) is 0 Å². The Morgan fingerprint density at radius 2 is 1.25 bits per heavy atom. The fourth-order valence-electron chi connectivity index (χ4n) is 6.78. The summed E-state index contributed by atoms with van der Waals surface area (Å²) in [6.45, 7) is 4.70. The number of fused-ring (bicyclic) bond motifs is 5. The van der Waals surface area contributed by atoms with Crippen molar-refractivity contribution in [3.63, 3.8) is 0 Å². The van der Waals surface area contributed by atoms with E-state index < -0.39 is 0 Å². The molecule has 8 rings (SSSR count). The Bertz CT molecular complexity index is 2080. The summed E-state index contributed by atoms with van der Waals surface area (Å²) in [5, 5.41) is 6.32. The van der Waals surface area contributed by atoms with Crippen molar-refractivity contribution >= 4 is 38.0 Å². The van der Waals surface area contributed by atoms with Crippen molar-refractivity contribution in [1.82, 2.24) is 4.98 Å². The average Bonchev–Trinajstić information content (AvgIpc) is 3.14. The van der Waals surface area contributed by atoms with Gasteiger partial charge in [0.25, 0.3) is 0 Å². The lowest BCUT2D eigenvalue weighted by Crippen LogP contribution is -2.18. The molecule has 0 bridgehead atoms. The molecule has 2 aliphatic carbocycles. The lowest BCUT2D eigenvalue weighted by molar-refractivity contribution is 0.655. The summed E-state index contributed by atoms with van der Waals surface area (Å²) in [5.74, 6) is 0. The van der Waals surface area contributed by atoms with E-state index in [2.05, 4.69) is 141 Å². The number of pyridine rings is 1. The maximum Gasteiger partial charge on any atom is 0.0759 e. The van der Waals surface area contributed by atoms with Crippen molar-refractivity contribution in [3.8, 4) is 22.3 Å². The first-order valence-corrected chi connectivity index (χ1v) is 14.1. The summed E-state index contributed by atoms with van der Waals surface area (Å²) < 4.78 is 0. The Hall–Kier alpha value is -4.75. The Morgan fingerprint density at radius 3 is 2.08 bits per heavy atom. The monoisotopic (exact) mass is 511 g/mol. The number of hydrogen-bond acceptors (Lipinski definition) is 1. The van der Waals surface area contributed by atoms with Gasteiger partial charge in [-0.15, -0.1) is 0 Å². The van der Waals surface area contributed by atoms with Crippen molar-refractivity contribution in [2.75, 3.05) is 0 Å². The summed E-state index contributed by atoms with van der Waals surface area (Å²) >= 11 is 0. The molecule has 0 atom stereocenters. The highest BCUT2D eigenvalue weighted by Gasteiger charge is 2.40. The van der Waals surface area contributed by atoms with Crippen molar-refractivity contribution in [3.05, 3.63) is 144 Å². The van der Waals surface area contributed by atoms with Gasteiger partial charge in [0.05, 0.1) is 11.2 Å². The van der Waals surface area contributed by atoms with E-state index in [1.165, 1.54) is 65.9 Å². The van der Waals surface area contributed by atoms with Crippen LogP contribution in [0.2, 0.25) is 0 Å². The highest BCUT2D eigenvalue weighted by Crippen LogP contribution is 2.52. The normalized spacial score (nSPS) is 15.6. The van der Waals surface area contributed by atoms with Crippen LogP contribution in [0, 0.1) is 0 Å². The minimum atomic E-state index is -0.137. The van der Waals surface area contributed by atoms with Crippen LogP contribution in [0.1, 0.15) is 31.5 Å². The largest absolute Gasteiger partial charge is 0.247 e. The molecule has 1 aromatic heterocycles. The van der Waals surface area contributed by atoms with Crippen LogP contribution in [0.25, 0.3) is 60.3 Å². The molecule has 0 fully saturated rings. The third-order valence-corrected chi connectivity index (χ3v) is 8.79. The maximum atomic E-state index is 5.24. The van der Waals surface area contributed by atoms with E-state index in [-0.39, 0.29) is 5.41 Å². The quantitative estimate of drug-likeness (QED) is 0.211. The standard InChI is InChI=1S/C39H29N/c1-39(2)34-14-5-3-4-12-32(34)38-37(39)36(33-13-8-9-15-35(33)40-38)26-18-16-25(17-19-26)29-20-21-30-22-27-10-6-7-11-28(27)23-31(30)24-29/h4-24H,3H2,1-2H3. The molecule has 0 radical (unpaired) electrons. The first-order chi connectivity index (χ1) is 19.6. The second-order valence-electron chi connectivity index (χ2n) is 11.6. The molecule has 1 heteroatoms. The van der Waals surface area contributed by atoms with E-state index >= 15 is 0 Å². The van der Waals surface area contributed by atoms with Crippen LogP contribution in [-0.2, 0) is 5.41 Å². The zero-order valence-electron chi connectivity index (χ0n) is 22.8. The Balaban J connectivity index is 1.28. The lowest BCUT2D eigenvalue weighted by atomic mass is 9.77. The average molecular weight is 512 g/mol. The lowest BCUT2D eigenvalue weighted by Gasteiger charge is -2.26. The third-order valence-electron chi connectivity index (χ3n) is 8.79. The highest BCUT2D eigenvalue weighted by molar-refractivity contribution is 6.03. The summed E-state index contributed by atoms with van der Waals surface area (Å²) in [7, 11) is 0. The van der Waals surface area contributed by atoms with Crippen LogP contribution in [0.15, 0.2) is 133 Å². The highest BCUT2D eigenvalue weighted by atomic mass is 14.7. The van der Waals surface area contributed by atoms with Gasteiger partial charge in [0.1, 0.15) is 0 Å². The van der Waals surface area contributed by atoms with Crippen molar-refractivity contribution in [1.29, 1.82) is 0 Å². The van der Waals surface area contributed by atoms with Crippen molar-refractivity contribution < 1.29 is 0 Å². The van der Waals surface area contributed by atoms with E-state index in [1.54, 1.807) is 0 Å². The minimum absolute atomic E-state index is 0.137. The molecule has 2 aliphatic rings. The van der Waals surface area contributed by atoms with Gasteiger partial charge in [-0.1, -0.05) is 117 Å². The van der Waals surface area contributed by atoms with Crippen LogP contribution in [0.4, 0.5) is 0 Å². The van der Waals surface area contributed by atoms with Crippen molar-refractivity contribution in [2.24, 2.45) is 0 Å². The van der Waals surface area contributed by atoms with E-state index in [0.717, 1.165) is 17.6 Å². The molecule has 0 unspecified atom stereocenters. The summed E-state index contributed by atoms with van der Waals surface area (Å²) in [6.07, 6.45) is 10.1. The number of nitrogens with zero attached hydrogens (tertiary/aromatic N) is 1. The van der Waals surface area contributed by atoms with Gasteiger partial charge in [-0.3, -0.25) is 0 Å². The molecule has 0 N–H and O–H groups in total. The predicted molar refractivity (Wildman–Crippen MR) is 170 cm³/mol. The summed E-state index contributed by atoms with van der Waals surface area (Å²) in [6, 6.07) is 37.7. The summed E-state index contributed by atoms with van der Waals surface area (Å²) in [5.41, 5.74) is 11.0. The van der Waals surface area contributed by atoms with Crippen LogP contribution in [-0.4, -0.2) is 4.98 Å². The van der Waals surface area contributed by atoms with Crippen LogP contribution < -0.4 is 0 Å². The molecular weight excluding hydrogens is 482 g/mol. The number of allylic oxidation sites excluding steroid dienone is 6. The number of para-hydroxylation sites is 1.